The predicted molar refractivity (Wildman–Crippen MR) is 102 cm³/mol. The number of thiophene rings is 1. The van der Waals surface area contributed by atoms with Crippen LogP contribution in [0.1, 0.15) is 16.0 Å². The molecule has 0 spiro atoms. The number of rotatable bonds is 5. The first-order valence-electron chi connectivity index (χ1n) is 8.22. The summed E-state index contributed by atoms with van der Waals surface area (Å²) in [5.74, 6) is -0.00737. The van der Waals surface area contributed by atoms with Crippen LogP contribution in [0.15, 0.2) is 76.7 Å². The highest BCUT2D eigenvalue weighted by Crippen LogP contribution is 2.26. The zero-order chi connectivity index (χ0) is 18.6. The fourth-order valence-corrected chi connectivity index (χ4v) is 3.21. The van der Waals surface area contributed by atoms with Crippen LogP contribution in [0, 0.1) is 5.82 Å². The van der Waals surface area contributed by atoms with Gasteiger partial charge in [-0.2, -0.15) is 0 Å². The highest BCUT2D eigenvalue weighted by molar-refractivity contribution is 7.12. The summed E-state index contributed by atoms with van der Waals surface area (Å²) in [5, 5.41) is 1.89. The molecule has 0 radical (unpaired) electrons. The van der Waals surface area contributed by atoms with Crippen molar-refractivity contribution >= 4 is 29.3 Å². The van der Waals surface area contributed by atoms with E-state index in [2.05, 4.69) is 4.99 Å². The third-order valence-electron chi connectivity index (χ3n) is 3.90. The second-order valence-electron chi connectivity index (χ2n) is 5.73. The molecule has 2 aromatic carbocycles. The molecule has 6 heteroatoms. The van der Waals surface area contributed by atoms with Gasteiger partial charge < -0.3 is 9.47 Å². The number of carbonyl (C=O) groups is 1. The van der Waals surface area contributed by atoms with E-state index in [1.807, 2.05) is 29.6 Å². The molecule has 2 heterocycles. The van der Waals surface area contributed by atoms with E-state index in [0.717, 1.165) is 4.88 Å². The molecule has 0 bridgehead atoms. The van der Waals surface area contributed by atoms with Gasteiger partial charge in [-0.1, -0.05) is 42.5 Å². The molecule has 0 N–H and O–H groups in total. The topological polar surface area (TPSA) is 47.9 Å². The summed E-state index contributed by atoms with van der Waals surface area (Å²) < 4.78 is 24.8. The summed E-state index contributed by atoms with van der Waals surface area (Å²) >= 11 is 1.45. The van der Waals surface area contributed by atoms with Crippen molar-refractivity contribution in [3.63, 3.8) is 0 Å². The van der Waals surface area contributed by atoms with Crippen LogP contribution in [0.2, 0.25) is 0 Å². The van der Waals surface area contributed by atoms with Crippen molar-refractivity contribution in [1.82, 2.24) is 0 Å². The van der Waals surface area contributed by atoms with Crippen molar-refractivity contribution in [1.29, 1.82) is 0 Å². The van der Waals surface area contributed by atoms with Gasteiger partial charge in [0.2, 0.25) is 5.90 Å². The highest BCUT2D eigenvalue weighted by Gasteiger charge is 2.25. The molecule has 27 heavy (non-hydrogen) atoms. The second kappa shape index (κ2) is 7.55. The smallest absolute Gasteiger partial charge is 0.363 e. The minimum absolute atomic E-state index is 0.0843. The minimum Gasteiger partial charge on any atom is -0.488 e. The molecular weight excluding hydrogens is 365 g/mol. The van der Waals surface area contributed by atoms with Gasteiger partial charge in [0.1, 0.15) is 18.2 Å². The summed E-state index contributed by atoms with van der Waals surface area (Å²) in [7, 11) is 0. The molecule has 0 atom stereocenters. The normalized spacial score (nSPS) is 14.9. The predicted octanol–water partition coefficient (Wildman–Crippen LogP) is 4.81. The van der Waals surface area contributed by atoms with E-state index in [0.29, 0.717) is 22.8 Å². The second-order valence-corrected chi connectivity index (χ2v) is 6.68. The van der Waals surface area contributed by atoms with Gasteiger partial charge in [-0.3, -0.25) is 0 Å². The Hall–Kier alpha value is -3.25. The Balaban J connectivity index is 1.59. The van der Waals surface area contributed by atoms with E-state index in [1.165, 1.54) is 17.4 Å². The average Bonchev–Trinajstić information content (AvgIpc) is 3.33. The molecule has 0 fully saturated rings. The molecule has 1 aromatic heterocycles. The maximum Gasteiger partial charge on any atom is 0.363 e. The summed E-state index contributed by atoms with van der Waals surface area (Å²) in [6.07, 6.45) is 1.61. The van der Waals surface area contributed by atoms with Crippen LogP contribution in [0.3, 0.4) is 0 Å². The largest absolute Gasteiger partial charge is 0.488 e. The fourth-order valence-electron chi connectivity index (χ4n) is 2.56. The zero-order valence-corrected chi connectivity index (χ0v) is 14.9. The number of benzene rings is 2. The van der Waals surface area contributed by atoms with E-state index in [4.69, 9.17) is 9.47 Å². The van der Waals surface area contributed by atoms with Gasteiger partial charge in [0.05, 0.1) is 4.88 Å². The van der Waals surface area contributed by atoms with Crippen molar-refractivity contribution in [3.05, 3.63) is 93.6 Å². The first kappa shape index (κ1) is 17.2. The maximum absolute atomic E-state index is 13.8. The Morgan fingerprint density at radius 2 is 1.89 bits per heavy atom. The maximum atomic E-state index is 13.8. The number of cyclic esters (lactones) is 1. The van der Waals surface area contributed by atoms with Crippen LogP contribution < -0.4 is 4.74 Å². The monoisotopic (exact) mass is 379 g/mol. The lowest BCUT2D eigenvalue weighted by Crippen LogP contribution is -2.03. The molecule has 0 saturated carbocycles. The van der Waals surface area contributed by atoms with Crippen LogP contribution in [0.4, 0.5) is 4.39 Å². The van der Waals surface area contributed by atoms with Crippen LogP contribution in [0.25, 0.3) is 6.08 Å². The molecule has 0 aliphatic carbocycles. The number of hydrogen-bond donors (Lipinski definition) is 0. The molecule has 1 aliphatic heterocycles. The minimum atomic E-state index is -0.512. The Kier molecular flexibility index (Phi) is 4.80. The first-order chi connectivity index (χ1) is 13.2. The Labute approximate surface area is 159 Å². The third-order valence-corrected chi connectivity index (χ3v) is 4.76. The number of ether oxygens (including phenoxy) is 2. The Bertz CT molecular complexity index is 1040. The summed E-state index contributed by atoms with van der Waals surface area (Å²) in [4.78, 5) is 17.2. The number of nitrogens with zero attached hydrogens (tertiary/aromatic N) is 1. The van der Waals surface area contributed by atoms with E-state index in [9.17, 15) is 9.18 Å². The van der Waals surface area contributed by atoms with E-state index >= 15 is 0 Å². The molecule has 0 saturated heterocycles. The lowest BCUT2D eigenvalue weighted by Gasteiger charge is -2.10. The van der Waals surface area contributed by atoms with Crippen LogP contribution in [0.5, 0.6) is 5.75 Å². The molecular formula is C21H14FNO3S. The van der Waals surface area contributed by atoms with Crippen molar-refractivity contribution in [3.8, 4) is 5.75 Å². The number of hydrogen-bond acceptors (Lipinski definition) is 5. The van der Waals surface area contributed by atoms with Crippen LogP contribution >= 0.6 is 11.3 Å². The number of para-hydroxylation sites is 1. The molecule has 3 aromatic rings. The van der Waals surface area contributed by atoms with Gasteiger partial charge in [-0.15, -0.1) is 11.3 Å². The lowest BCUT2D eigenvalue weighted by atomic mass is 10.1. The number of halogens is 1. The fraction of sp³-hybridized carbons (Fsp3) is 0.0476. The average molecular weight is 379 g/mol. The zero-order valence-electron chi connectivity index (χ0n) is 14.1. The van der Waals surface area contributed by atoms with E-state index in [-0.39, 0.29) is 18.1 Å². The van der Waals surface area contributed by atoms with Crippen molar-refractivity contribution < 1.29 is 18.7 Å². The standard InChI is InChI=1S/C21H14FNO3S/c22-16-8-3-1-7-15(16)13-25-18-9-4-2-6-14(18)12-17-21(24)26-20(23-17)19-10-5-11-27-19/h1-12H,13H2/b17-12-. The Morgan fingerprint density at radius 3 is 2.70 bits per heavy atom. The van der Waals surface area contributed by atoms with E-state index in [1.54, 1.807) is 36.4 Å². The van der Waals surface area contributed by atoms with Gasteiger partial charge in [0, 0.05) is 11.1 Å². The van der Waals surface area contributed by atoms with Crippen LogP contribution in [-0.2, 0) is 16.1 Å². The Morgan fingerprint density at radius 1 is 1.07 bits per heavy atom. The highest BCUT2D eigenvalue weighted by atomic mass is 32.1. The van der Waals surface area contributed by atoms with Gasteiger partial charge in [-0.05, 0) is 29.7 Å². The van der Waals surface area contributed by atoms with Gasteiger partial charge in [0.15, 0.2) is 5.70 Å². The molecule has 1 aliphatic rings. The lowest BCUT2D eigenvalue weighted by molar-refractivity contribution is -0.129. The van der Waals surface area contributed by atoms with Crippen molar-refractivity contribution in [2.45, 2.75) is 6.61 Å². The number of esters is 1. The molecule has 4 nitrogen and oxygen atoms in total. The molecule has 134 valence electrons. The quantitative estimate of drug-likeness (QED) is 0.472. The van der Waals surface area contributed by atoms with Crippen molar-refractivity contribution in [2.75, 3.05) is 0 Å². The molecule has 0 unspecified atom stereocenters. The van der Waals surface area contributed by atoms with Gasteiger partial charge in [-0.25, -0.2) is 14.2 Å². The SMILES string of the molecule is O=C1OC(c2cccs2)=N/C1=C\c1ccccc1OCc1ccccc1F. The van der Waals surface area contributed by atoms with Gasteiger partial charge in [0.25, 0.3) is 0 Å². The van der Waals surface area contributed by atoms with Gasteiger partial charge >= 0.3 is 5.97 Å². The number of carbonyl (C=O) groups excluding carboxylic acids is 1. The van der Waals surface area contributed by atoms with E-state index < -0.39 is 5.97 Å². The summed E-state index contributed by atoms with van der Waals surface area (Å²) in [6.45, 7) is 0.0843. The molecule has 4 rings (SSSR count). The van der Waals surface area contributed by atoms with Crippen molar-refractivity contribution in [2.24, 2.45) is 4.99 Å². The first-order valence-corrected chi connectivity index (χ1v) is 9.10. The third kappa shape index (κ3) is 3.80. The summed E-state index contributed by atoms with van der Waals surface area (Å²) in [5.41, 5.74) is 1.32. The summed E-state index contributed by atoms with van der Waals surface area (Å²) in [6, 6.07) is 17.3. The van der Waals surface area contributed by atoms with Crippen LogP contribution in [-0.4, -0.2) is 11.9 Å². The number of aliphatic imine (C=N–C) groups is 1. The molecule has 0 amide bonds.